The Bertz CT molecular complexity index is 1120. The Hall–Kier alpha value is -3.29. The fraction of sp³-hybridized carbons (Fsp3) is 0.286. The van der Waals surface area contributed by atoms with E-state index >= 15 is 0 Å². The van der Waals surface area contributed by atoms with Gasteiger partial charge in [0, 0.05) is 13.5 Å². The van der Waals surface area contributed by atoms with E-state index in [1.165, 1.54) is 34.1 Å². The fourth-order valence-electron chi connectivity index (χ4n) is 3.58. The zero-order chi connectivity index (χ0) is 22.1. The summed E-state index contributed by atoms with van der Waals surface area (Å²) in [6.45, 7) is 3.27. The molecule has 0 aliphatic carbocycles. The van der Waals surface area contributed by atoms with Crippen LogP contribution in [-0.2, 0) is 25.8 Å². The third-order valence-corrected chi connectivity index (χ3v) is 7.07. The van der Waals surface area contributed by atoms with Gasteiger partial charge in [-0.15, -0.1) is 4.79 Å². The zero-order valence-corrected chi connectivity index (χ0v) is 17.7. The lowest BCUT2D eigenvalue weighted by molar-refractivity contribution is -0.135. The second-order valence-corrected chi connectivity index (χ2v) is 9.36. The standard InChI is InChI=1S/C21H22N4O4S/c1-21(2)24(3)19(26)17(14-15-10-6-4-7-11-15)25(21)20(27)18(23-22)30(28,29)16-12-8-5-9-13-16/h4-13,17H,14H2,1-3H3/t17-/m0/s1. The van der Waals surface area contributed by atoms with Gasteiger partial charge in [0.1, 0.15) is 11.7 Å². The van der Waals surface area contributed by atoms with Gasteiger partial charge in [0.25, 0.3) is 9.84 Å². The van der Waals surface area contributed by atoms with Crippen LogP contribution in [-0.4, -0.2) is 58.6 Å². The molecule has 0 spiro atoms. The summed E-state index contributed by atoms with van der Waals surface area (Å²) >= 11 is 0. The number of nitrogens with zero attached hydrogens (tertiary/aromatic N) is 4. The Balaban J connectivity index is 2.06. The number of amides is 2. The molecule has 0 N–H and O–H groups in total. The quantitative estimate of drug-likeness (QED) is 0.322. The van der Waals surface area contributed by atoms with Crippen molar-refractivity contribution < 1.29 is 22.8 Å². The minimum Gasteiger partial charge on any atom is -0.360 e. The molecule has 8 nitrogen and oxygen atoms in total. The summed E-state index contributed by atoms with van der Waals surface area (Å²) in [6.07, 6.45) is 0.198. The molecule has 3 rings (SSSR count). The van der Waals surface area contributed by atoms with Crippen LogP contribution in [0, 0.1) is 0 Å². The number of hydrogen-bond acceptors (Lipinski definition) is 4. The first-order valence-electron chi connectivity index (χ1n) is 9.30. The number of carbonyl (C=O) groups excluding carboxylic acids is 2. The Morgan fingerprint density at radius 2 is 1.60 bits per heavy atom. The molecule has 2 aromatic rings. The number of rotatable bonds is 3. The molecule has 1 atom stereocenters. The van der Waals surface area contributed by atoms with Crippen LogP contribution in [0.1, 0.15) is 19.4 Å². The van der Waals surface area contributed by atoms with Gasteiger partial charge in [0.15, 0.2) is 0 Å². The highest BCUT2D eigenvalue weighted by molar-refractivity contribution is 8.08. The van der Waals surface area contributed by atoms with Crippen LogP contribution in [0.2, 0.25) is 0 Å². The van der Waals surface area contributed by atoms with Crippen LogP contribution in [0.3, 0.4) is 0 Å². The topological polar surface area (TPSA) is 111 Å². The molecule has 9 heteroatoms. The van der Waals surface area contributed by atoms with Gasteiger partial charge in [-0.3, -0.25) is 14.5 Å². The van der Waals surface area contributed by atoms with Crippen LogP contribution in [0.15, 0.2) is 65.6 Å². The van der Waals surface area contributed by atoms with Crippen molar-refractivity contribution in [3.63, 3.8) is 0 Å². The molecular formula is C21H22N4O4S. The van der Waals surface area contributed by atoms with Crippen LogP contribution in [0.5, 0.6) is 0 Å². The molecule has 156 valence electrons. The SMILES string of the molecule is CN1C(=O)[C@H](Cc2ccccc2)N(C(=O)C(=[N+]=[N-])S(=O)(=O)c2ccccc2)C1(C)C. The Morgan fingerprint density at radius 3 is 2.13 bits per heavy atom. The Morgan fingerprint density at radius 1 is 1.07 bits per heavy atom. The predicted octanol–water partition coefficient (Wildman–Crippen LogP) is 1.74. The second-order valence-electron chi connectivity index (χ2n) is 7.49. The Kier molecular flexibility index (Phi) is 5.61. The fourth-order valence-corrected chi connectivity index (χ4v) is 4.75. The monoisotopic (exact) mass is 426 g/mol. The molecule has 2 aromatic carbocycles. The maximum absolute atomic E-state index is 13.4. The molecule has 1 heterocycles. The van der Waals surface area contributed by atoms with E-state index in [9.17, 15) is 23.5 Å². The largest absolute Gasteiger partial charge is 0.473 e. The molecule has 0 aromatic heterocycles. The highest BCUT2D eigenvalue weighted by atomic mass is 32.2. The van der Waals surface area contributed by atoms with E-state index in [0.29, 0.717) is 0 Å². The molecular weight excluding hydrogens is 404 g/mol. The number of sulfone groups is 1. The highest BCUT2D eigenvalue weighted by Crippen LogP contribution is 2.33. The lowest BCUT2D eigenvalue weighted by Gasteiger charge is -2.35. The molecule has 2 amide bonds. The molecule has 1 saturated heterocycles. The predicted molar refractivity (Wildman–Crippen MR) is 110 cm³/mol. The normalized spacial score (nSPS) is 18.2. The third kappa shape index (κ3) is 3.53. The summed E-state index contributed by atoms with van der Waals surface area (Å²) in [5, 5.41) is -1.03. The van der Waals surface area contributed by atoms with Gasteiger partial charge in [-0.2, -0.15) is 0 Å². The van der Waals surface area contributed by atoms with E-state index in [0.717, 1.165) is 5.56 Å². The van der Waals surface area contributed by atoms with Crippen molar-refractivity contribution in [1.29, 1.82) is 0 Å². The van der Waals surface area contributed by atoms with Crippen LogP contribution >= 0.6 is 0 Å². The van der Waals surface area contributed by atoms with Crippen LogP contribution < -0.4 is 0 Å². The van der Waals surface area contributed by atoms with Gasteiger partial charge >= 0.3 is 11.0 Å². The average Bonchev–Trinajstić information content (AvgIpc) is 2.89. The molecule has 0 bridgehead atoms. The third-order valence-electron chi connectivity index (χ3n) is 5.41. The number of likely N-dealkylation sites (N-methyl/N-ethyl adjacent to an activating group) is 1. The molecule has 1 aliphatic heterocycles. The van der Waals surface area contributed by atoms with Gasteiger partial charge in [0.2, 0.25) is 5.91 Å². The van der Waals surface area contributed by atoms with E-state index in [4.69, 9.17) is 0 Å². The van der Waals surface area contributed by atoms with Crippen molar-refractivity contribution in [3.05, 3.63) is 71.8 Å². The minimum absolute atomic E-state index is 0.178. The summed E-state index contributed by atoms with van der Waals surface area (Å²) in [7, 11) is -2.84. The summed E-state index contributed by atoms with van der Waals surface area (Å²) < 4.78 is 25.9. The van der Waals surface area contributed by atoms with Gasteiger partial charge in [-0.1, -0.05) is 48.5 Å². The summed E-state index contributed by atoms with van der Waals surface area (Å²) in [5.41, 5.74) is 9.18. The van der Waals surface area contributed by atoms with E-state index in [1.54, 1.807) is 27.0 Å². The van der Waals surface area contributed by atoms with Crippen molar-refractivity contribution in [1.82, 2.24) is 9.80 Å². The van der Waals surface area contributed by atoms with Crippen molar-refractivity contribution in [3.8, 4) is 0 Å². The molecule has 30 heavy (non-hydrogen) atoms. The zero-order valence-electron chi connectivity index (χ0n) is 16.9. The Labute approximate surface area is 175 Å². The molecule has 0 unspecified atom stereocenters. The van der Waals surface area contributed by atoms with E-state index in [2.05, 4.69) is 4.79 Å². The van der Waals surface area contributed by atoms with Crippen LogP contribution in [0.25, 0.3) is 5.53 Å². The first kappa shape index (κ1) is 21.4. The smallest absolute Gasteiger partial charge is 0.360 e. The average molecular weight is 426 g/mol. The van der Waals surface area contributed by atoms with E-state index in [-0.39, 0.29) is 17.2 Å². The first-order valence-corrected chi connectivity index (χ1v) is 10.8. The maximum Gasteiger partial charge on any atom is 0.473 e. The highest BCUT2D eigenvalue weighted by Gasteiger charge is 2.56. The van der Waals surface area contributed by atoms with Gasteiger partial charge in [0.05, 0.1) is 4.90 Å². The number of hydrogen-bond donors (Lipinski definition) is 0. The first-order chi connectivity index (χ1) is 14.1. The second kappa shape index (κ2) is 7.85. The lowest BCUT2D eigenvalue weighted by atomic mass is 10.0. The number of carbonyl (C=O) groups is 2. The van der Waals surface area contributed by atoms with Crippen molar-refractivity contribution in [2.45, 2.75) is 36.9 Å². The van der Waals surface area contributed by atoms with Crippen molar-refractivity contribution in [2.24, 2.45) is 0 Å². The summed E-state index contributed by atoms with van der Waals surface area (Å²) in [6, 6.07) is 15.4. The van der Waals surface area contributed by atoms with Gasteiger partial charge in [-0.25, -0.2) is 8.42 Å². The number of benzene rings is 2. The van der Waals surface area contributed by atoms with Crippen molar-refractivity contribution in [2.75, 3.05) is 7.05 Å². The molecule has 1 aliphatic rings. The summed E-state index contributed by atoms with van der Waals surface area (Å²) in [5.74, 6) is -1.36. The van der Waals surface area contributed by atoms with E-state index < -0.39 is 32.5 Å². The van der Waals surface area contributed by atoms with E-state index in [1.807, 2.05) is 30.3 Å². The molecule has 0 radical (unpaired) electrons. The van der Waals surface area contributed by atoms with Gasteiger partial charge in [-0.05, 0) is 31.5 Å². The van der Waals surface area contributed by atoms with Gasteiger partial charge < -0.3 is 10.4 Å². The maximum atomic E-state index is 13.4. The lowest BCUT2D eigenvalue weighted by Crippen LogP contribution is -2.55. The van der Waals surface area contributed by atoms with Crippen LogP contribution in [0.4, 0.5) is 0 Å². The molecule has 0 saturated carbocycles. The van der Waals surface area contributed by atoms with Crippen molar-refractivity contribution >= 4 is 26.7 Å². The molecule has 1 fully saturated rings. The summed E-state index contributed by atoms with van der Waals surface area (Å²) in [4.78, 5) is 31.6. The minimum atomic E-state index is -4.39.